The smallest absolute Gasteiger partial charge is 0.325 e. The fraction of sp³-hybridized carbons (Fsp3) is 0.222. The number of hydrogen-bond donors (Lipinski definition) is 2. The summed E-state index contributed by atoms with van der Waals surface area (Å²) in [5.74, 6) is -0.803. The zero-order chi connectivity index (χ0) is 9.42. The SMILES string of the molecule is O=C(O)[C@@H]1NCc2cccc(I)c21. The number of halogens is 1. The van der Waals surface area contributed by atoms with E-state index in [9.17, 15) is 4.79 Å². The zero-order valence-corrected chi connectivity index (χ0v) is 8.91. The van der Waals surface area contributed by atoms with Crippen LogP contribution in [-0.2, 0) is 11.3 Å². The van der Waals surface area contributed by atoms with Gasteiger partial charge in [0.15, 0.2) is 0 Å². The lowest BCUT2D eigenvalue weighted by Crippen LogP contribution is -2.21. The Labute approximate surface area is 89.3 Å². The summed E-state index contributed by atoms with van der Waals surface area (Å²) in [5.41, 5.74) is 2.02. The first-order chi connectivity index (χ1) is 6.20. The van der Waals surface area contributed by atoms with Crippen molar-refractivity contribution in [1.82, 2.24) is 5.32 Å². The topological polar surface area (TPSA) is 49.3 Å². The quantitative estimate of drug-likeness (QED) is 0.771. The normalized spacial score (nSPS) is 19.9. The van der Waals surface area contributed by atoms with Crippen LogP contribution in [-0.4, -0.2) is 11.1 Å². The minimum atomic E-state index is -0.803. The molecule has 3 nitrogen and oxygen atoms in total. The van der Waals surface area contributed by atoms with Gasteiger partial charge in [-0.05, 0) is 39.8 Å². The van der Waals surface area contributed by atoms with Crippen molar-refractivity contribution in [2.24, 2.45) is 0 Å². The van der Waals surface area contributed by atoms with Crippen molar-refractivity contribution in [2.75, 3.05) is 0 Å². The second-order valence-corrected chi connectivity index (χ2v) is 4.13. The van der Waals surface area contributed by atoms with Gasteiger partial charge in [0.1, 0.15) is 6.04 Å². The highest BCUT2D eigenvalue weighted by Crippen LogP contribution is 2.29. The van der Waals surface area contributed by atoms with Crippen LogP contribution in [0.2, 0.25) is 0 Å². The van der Waals surface area contributed by atoms with E-state index in [-0.39, 0.29) is 0 Å². The first-order valence-corrected chi connectivity index (χ1v) is 5.01. The van der Waals surface area contributed by atoms with Crippen molar-refractivity contribution >= 4 is 28.6 Å². The van der Waals surface area contributed by atoms with E-state index in [0.717, 1.165) is 14.7 Å². The lowest BCUT2D eigenvalue weighted by atomic mass is 10.1. The molecule has 0 spiro atoms. The molecule has 0 aliphatic carbocycles. The number of benzene rings is 1. The Morgan fingerprint density at radius 1 is 1.62 bits per heavy atom. The molecule has 4 heteroatoms. The van der Waals surface area contributed by atoms with Crippen molar-refractivity contribution in [3.8, 4) is 0 Å². The maximum absolute atomic E-state index is 10.9. The molecule has 1 aliphatic rings. The van der Waals surface area contributed by atoms with Gasteiger partial charge in [-0.2, -0.15) is 0 Å². The molecule has 0 radical (unpaired) electrons. The number of fused-ring (bicyclic) bond motifs is 1. The molecular weight excluding hydrogens is 281 g/mol. The van der Waals surface area contributed by atoms with Gasteiger partial charge in [-0.3, -0.25) is 10.1 Å². The Kier molecular flexibility index (Phi) is 2.25. The fourth-order valence-electron chi connectivity index (χ4n) is 1.58. The molecule has 0 unspecified atom stereocenters. The summed E-state index contributed by atoms with van der Waals surface area (Å²) in [6.07, 6.45) is 0. The van der Waals surface area contributed by atoms with Crippen LogP contribution < -0.4 is 5.32 Å². The molecule has 0 fully saturated rings. The Morgan fingerprint density at radius 2 is 2.38 bits per heavy atom. The van der Waals surface area contributed by atoms with Gasteiger partial charge in [0, 0.05) is 10.1 Å². The van der Waals surface area contributed by atoms with Gasteiger partial charge < -0.3 is 5.11 Å². The van der Waals surface area contributed by atoms with Crippen LogP contribution in [0.15, 0.2) is 18.2 Å². The van der Waals surface area contributed by atoms with E-state index >= 15 is 0 Å². The number of nitrogens with one attached hydrogen (secondary N) is 1. The van der Waals surface area contributed by atoms with Crippen LogP contribution in [0, 0.1) is 3.57 Å². The minimum Gasteiger partial charge on any atom is -0.480 e. The Balaban J connectivity index is 2.52. The first-order valence-electron chi connectivity index (χ1n) is 3.93. The molecule has 0 saturated heterocycles. The summed E-state index contributed by atoms with van der Waals surface area (Å²) in [7, 11) is 0. The predicted molar refractivity (Wildman–Crippen MR) is 56.4 cm³/mol. The molecule has 0 amide bonds. The summed E-state index contributed by atoms with van der Waals surface area (Å²) in [5, 5.41) is 11.9. The summed E-state index contributed by atoms with van der Waals surface area (Å²) < 4.78 is 1.02. The number of carboxylic acid groups (broad SMARTS) is 1. The van der Waals surface area contributed by atoms with E-state index in [1.807, 2.05) is 18.2 Å². The van der Waals surface area contributed by atoms with Gasteiger partial charge in [0.05, 0.1) is 0 Å². The van der Waals surface area contributed by atoms with E-state index in [4.69, 9.17) is 5.11 Å². The number of aliphatic carboxylic acids is 1. The first kappa shape index (κ1) is 8.96. The highest BCUT2D eigenvalue weighted by Gasteiger charge is 2.29. The summed E-state index contributed by atoms with van der Waals surface area (Å²) in [6.45, 7) is 0.656. The van der Waals surface area contributed by atoms with E-state index in [1.165, 1.54) is 0 Å². The van der Waals surface area contributed by atoms with Crippen LogP contribution in [0.5, 0.6) is 0 Å². The van der Waals surface area contributed by atoms with E-state index < -0.39 is 12.0 Å². The van der Waals surface area contributed by atoms with Gasteiger partial charge in [-0.1, -0.05) is 12.1 Å². The number of hydrogen-bond acceptors (Lipinski definition) is 2. The second-order valence-electron chi connectivity index (χ2n) is 2.96. The van der Waals surface area contributed by atoms with Crippen molar-refractivity contribution in [3.63, 3.8) is 0 Å². The van der Waals surface area contributed by atoms with E-state index in [0.29, 0.717) is 6.54 Å². The second kappa shape index (κ2) is 3.26. The average Bonchev–Trinajstić information content (AvgIpc) is 2.49. The molecule has 0 aromatic heterocycles. The molecule has 1 aromatic rings. The standard InChI is InChI=1S/C9H8INO2/c10-6-3-1-2-5-4-11-8(7(5)6)9(12)13/h1-3,8,11H,4H2,(H,12,13)/t8-/m1/s1. The van der Waals surface area contributed by atoms with Crippen LogP contribution in [0.3, 0.4) is 0 Å². The molecular formula is C9H8INO2. The van der Waals surface area contributed by atoms with Gasteiger partial charge in [-0.25, -0.2) is 0 Å². The van der Waals surface area contributed by atoms with E-state index in [2.05, 4.69) is 27.9 Å². The van der Waals surface area contributed by atoms with Crippen molar-refractivity contribution in [3.05, 3.63) is 32.9 Å². The summed E-state index contributed by atoms with van der Waals surface area (Å²) in [6, 6.07) is 5.32. The minimum absolute atomic E-state index is 0.525. The molecule has 1 aliphatic heterocycles. The van der Waals surface area contributed by atoms with Crippen molar-refractivity contribution < 1.29 is 9.90 Å². The van der Waals surface area contributed by atoms with Crippen LogP contribution in [0.25, 0.3) is 0 Å². The third-order valence-electron chi connectivity index (χ3n) is 2.18. The fourth-order valence-corrected chi connectivity index (χ4v) is 2.45. The maximum Gasteiger partial charge on any atom is 0.325 e. The Hall–Kier alpha value is -0.620. The van der Waals surface area contributed by atoms with Gasteiger partial charge in [-0.15, -0.1) is 0 Å². The molecule has 0 bridgehead atoms. The Bertz CT molecular complexity index is 365. The van der Waals surface area contributed by atoms with Gasteiger partial charge >= 0.3 is 5.97 Å². The molecule has 1 aromatic carbocycles. The summed E-state index contributed by atoms with van der Waals surface area (Å²) in [4.78, 5) is 10.9. The molecule has 68 valence electrons. The third-order valence-corrected chi connectivity index (χ3v) is 3.12. The van der Waals surface area contributed by atoms with E-state index in [1.54, 1.807) is 0 Å². The third kappa shape index (κ3) is 1.44. The summed E-state index contributed by atoms with van der Waals surface area (Å²) >= 11 is 2.17. The molecule has 0 saturated carbocycles. The average molecular weight is 289 g/mol. The lowest BCUT2D eigenvalue weighted by Gasteiger charge is -2.07. The molecule has 2 N–H and O–H groups in total. The number of rotatable bonds is 1. The Morgan fingerprint density at radius 3 is 3.08 bits per heavy atom. The van der Waals surface area contributed by atoms with Crippen molar-refractivity contribution in [1.29, 1.82) is 0 Å². The molecule has 1 atom stereocenters. The largest absolute Gasteiger partial charge is 0.480 e. The lowest BCUT2D eigenvalue weighted by molar-refractivity contribution is -0.139. The number of carboxylic acids is 1. The number of carbonyl (C=O) groups is 1. The van der Waals surface area contributed by atoms with Crippen LogP contribution in [0.4, 0.5) is 0 Å². The molecule has 2 rings (SSSR count). The predicted octanol–water partition coefficient (Wildman–Crippen LogP) is 1.52. The highest BCUT2D eigenvalue weighted by atomic mass is 127. The monoisotopic (exact) mass is 289 g/mol. The zero-order valence-electron chi connectivity index (χ0n) is 6.75. The highest BCUT2D eigenvalue weighted by molar-refractivity contribution is 14.1. The van der Waals surface area contributed by atoms with Crippen LogP contribution >= 0.6 is 22.6 Å². The molecule has 13 heavy (non-hydrogen) atoms. The van der Waals surface area contributed by atoms with Crippen molar-refractivity contribution in [2.45, 2.75) is 12.6 Å². The maximum atomic E-state index is 10.9. The van der Waals surface area contributed by atoms with Crippen LogP contribution in [0.1, 0.15) is 17.2 Å². The van der Waals surface area contributed by atoms with Gasteiger partial charge in [0.25, 0.3) is 0 Å². The molecule has 1 heterocycles. The van der Waals surface area contributed by atoms with Gasteiger partial charge in [0.2, 0.25) is 0 Å².